The molecule has 0 aliphatic carbocycles. The number of rotatable bonds is 7. The Bertz CT molecular complexity index is 1260. The molecule has 4 rings (SSSR count). The molecule has 31 heavy (non-hydrogen) atoms. The second-order valence-electron chi connectivity index (χ2n) is 7.24. The number of fused-ring (bicyclic) bond motifs is 3. The molecule has 0 bridgehead atoms. The van der Waals surface area contributed by atoms with Gasteiger partial charge in [0.1, 0.15) is 0 Å². The van der Waals surface area contributed by atoms with Gasteiger partial charge in [-0.3, -0.25) is 9.59 Å². The first-order valence-corrected chi connectivity index (χ1v) is 10.3. The Morgan fingerprint density at radius 2 is 1.55 bits per heavy atom. The predicted molar refractivity (Wildman–Crippen MR) is 124 cm³/mol. The minimum absolute atomic E-state index is 0.302. The third-order valence-electron chi connectivity index (χ3n) is 5.35. The molecule has 0 spiro atoms. The number of anilines is 1. The number of para-hydroxylation sites is 1. The van der Waals surface area contributed by atoms with Gasteiger partial charge < -0.3 is 19.9 Å². The van der Waals surface area contributed by atoms with Crippen LogP contribution in [0.4, 0.5) is 5.69 Å². The van der Waals surface area contributed by atoms with Gasteiger partial charge in [0.15, 0.2) is 0 Å². The molecule has 0 aliphatic rings. The van der Waals surface area contributed by atoms with Crippen LogP contribution in [0.5, 0.6) is 0 Å². The minimum atomic E-state index is -0.323. The third-order valence-corrected chi connectivity index (χ3v) is 5.35. The van der Waals surface area contributed by atoms with Crippen LogP contribution >= 0.6 is 0 Å². The van der Waals surface area contributed by atoms with Crippen LogP contribution < -0.4 is 10.6 Å². The zero-order valence-corrected chi connectivity index (χ0v) is 17.6. The van der Waals surface area contributed by atoms with Crippen molar-refractivity contribution in [1.29, 1.82) is 0 Å². The van der Waals surface area contributed by atoms with Crippen LogP contribution in [0.1, 0.15) is 27.6 Å². The summed E-state index contributed by atoms with van der Waals surface area (Å²) in [6.07, 6.45) is 0. The fourth-order valence-electron chi connectivity index (χ4n) is 3.91. The molecule has 2 N–H and O–H groups in total. The maximum absolute atomic E-state index is 13.0. The van der Waals surface area contributed by atoms with Crippen molar-refractivity contribution in [2.75, 3.05) is 25.6 Å². The van der Waals surface area contributed by atoms with E-state index < -0.39 is 0 Å². The highest BCUT2D eigenvalue weighted by Crippen LogP contribution is 2.31. The Balaban J connectivity index is 1.64. The number of aromatic nitrogens is 1. The fourth-order valence-corrected chi connectivity index (χ4v) is 3.91. The van der Waals surface area contributed by atoms with Crippen molar-refractivity contribution in [2.45, 2.75) is 13.5 Å². The average Bonchev–Trinajstić information content (AvgIpc) is 3.12. The van der Waals surface area contributed by atoms with Crippen molar-refractivity contribution in [3.8, 4) is 0 Å². The van der Waals surface area contributed by atoms with Crippen LogP contribution in [0, 0.1) is 0 Å². The lowest BCUT2D eigenvalue weighted by Crippen LogP contribution is -2.29. The van der Waals surface area contributed by atoms with Crippen molar-refractivity contribution in [3.63, 3.8) is 0 Å². The molecule has 0 unspecified atom stereocenters. The van der Waals surface area contributed by atoms with E-state index in [0.717, 1.165) is 22.8 Å². The highest BCUT2D eigenvalue weighted by atomic mass is 16.5. The predicted octanol–water partition coefficient (Wildman–Crippen LogP) is 4.44. The largest absolute Gasteiger partial charge is 0.383 e. The van der Waals surface area contributed by atoms with Gasteiger partial charge in [-0.1, -0.05) is 30.3 Å². The van der Waals surface area contributed by atoms with Crippen LogP contribution in [0.15, 0.2) is 66.7 Å². The Morgan fingerprint density at radius 1 is 0.871 bits per heavy atom. The molecule has 0 aliphatic heterocycles. The van der Waals surface area contributed by atoms with Crippen molar-refractivity contribution in [2.24, 2.45) is 0 Å². The Hall–Kier alpha value is -3.64. The van der Waals surface area contributed by atoms with E-state index in [0.29, 0.717) is 30.0 Å². The molecule has 158 valence electrons. The molecule has 4 aromatic rings. The van der Waals surface area contributed by atoms with Crippen LogP contribution in [-0.2, 0) is 11.3 Å². The number of aryl methyl sites for hydroxylation is 1. The summed E-state index contributed by atoms with van der Waals surface area (Å²) >= 11 is 0. The standard InChI is InChI=1S/C25H25N3O3/c1-3-28-22-11-7-6-8-18(22)21-16-17(12-13-23(21)28)27-25(30)20-10-5-4-9-19(20)24(29)26-14-15-31-2/h4-13,16H,3,14-15H2,1-2H3,(H,26,29)(H,27,30). The number of benzene rings is 3. The van der Waals surface area contributed by atoms with Gasteiger partial charge in [0.25, 0.3) is 11.8 Å². The van der Waals surface area contributed by atoms with Crippen molar-refractivity contribution in [1.82, 2.24) is 9.88 Å². The topological polar surface area (TPSA) is 72.4 Å². The first-order valence-electron chi connectivity index (χ1n) is 10.3. The van der Waals surface area contributed by atoms with Crippen molar-refractivity contribution >= 4 is 39.3 Å². The molecular formula is C25H25N3O3. The quantitative estimate of drug-likeness (QED) is 0.438. The van der Waals surface area contributed by atoms with E-state index in [4.69, 9.17) is 4.74 Å². The first kappa shape index (κ1) is 20.6. The van der Waals surface area contributed by atoms with Crippen molar-refractivity contribution in [3.05, 3.63) is 77.9 Å². The summed E-state index contributed by atoms with van der Waals surface area (Å²) in [4.78, 5) is 25.5. The number of amides is 2. The number of carbonyl (C=O) groups is 2. The van der Waals surface area contributed by atoms with Crippen LogP contribution in [-0.4, -0.2) is 36.6 Å². The molecule has 0 fully saturated rings. The van der Waals surface area contributed by atoms with Gasteiger partial charge in [-0.25, -0.2) is 0 Å². The van der Waals surface area contributed by atoms with E-state index in [-0.39, 0.29) is 11.8 Å². The summed E-state index contributed by atoms with van der Waals surface area (Å²) in [5.74, 6) is -0.625. The maximum atomic E-state index is 13.0. The van der Waals surface area contributed by atoms with Crippen LogP contribution in [0.2, 0.25) is 0 Å². The van der Waals surface area contributed by atoms with Crippen LogP contribution in [0.3, 0.4) is 0 Å². The summed E-state index contributed by atoms with van der Waals surface area (Å²) in [6.45, 7) is 3.77. The molecule has 0 radical (unpaired) electrons. The second-order valence-corrected chi connectivity index (χ2v) is 7.24. The summed E-state index contributed by atoms with van der Waals surface area (Å²) in [7, 11) is 1.57. The van der Waals surface area contributed by atoms with E-state index in [9.17, 15) is 9.59 Å². The molecule has 2 amide bonds. The third kappa shape index (κ3) is 4.02. The van der Waals surface area contributed by atoms with Crippen molar-refractivity contribution < 1.29 is 14.3 Å². The minimum Gasteiger partial charge on any atom is -0.383 e. The van der Waals surface area contributed by atoms with E-state index in [1.807, 2.05) is 30.3 Å². The number of hydrogen-bond acceptors (Lipinski definition) is 3. The molecule has 1 heterocycles. The zero-order valence-electron chi connectivity index (χ0n) is 17.6. The molecule has 1 aromatic heterocycles. The number of hydrogen-bond donors (Lipinski definition) is 2. The van der Waals surface area contributed by atoms with Crippen LogP contribution in [0.25, 0.3) is 21.8 Å². The Kier molecular flexibility index (Phi) is 6.00. The molecule has 6 heteroatoms. The van der Waals surface area contributed by atoms with Gasteiger partial charge in [0.05, 0.1) is 17.7 Å². The van der Waals surface area contributed by atoms with Gasteiger partial charge in [0, 0.05) is 47.7 Å². The average molecular weight is 415 g/mol. The maximum Gasteiger partial charge on any atom is 0.256 e. The lowest BCUT2D eigenvalue weighted by Gasteiger charge is -2.11. The number of nitrogens with one attached hydrogen (secondary N) is 2. The van der Waals surface area contributed by atoms with E-state index in [1.165, 1.54) is 5.52 Å². The molecular weight excluding hydrogens is 390 g/mol. The van der Waals surface area contributed by atoms with E-state index in [2.05, 4.69) is 34.3 Å². The Labute approximate surface area is 180 Å². The van der Waals surface area contributed by atoms with Gasteiger partial charge in [0.2, 0.25) is 0 Å². The van der Waals surface area contributed by atoms with E-state index in [1.54, 1.807) is 31.4 Å². The van der Waals surface area contributed by atoms with Gasteiger partial charge >= 0.3 is 0 Å². The lowest BCUT2D eigenvalue weighted by molar-refractivity contribution is 0.0926. The lowest BCUT2D eigenvalue weighted by atomic mass is 10.1. The summed E-state index contributed by atoms with van der Waals surface area (Å²) < 4.78 is 7.22. The highest BCUT2D eigenvalue weighted by molar-refractivity contribution is 6.14. The number of ether oxygens (including phenoxy) is 1. The zero-order chi connectivity index (χ0) is 21.8. The number of carbonyl (C=O) groups excluding carboxylic acids is 2. The summed E-state index contributed by atoms with van der Waals surface area (Å²) in [6, 6.07) is 21.0. The smallest absolute Gasteiger partial charge is 0.256 e. The number of methoxy groups -OCH3 is 1. The molecule has 6 nitrogen and oxygen atoms in total. The van der Waals surface area contributed by atoms with Gasteiger partial charge in [-0.15, -0.1) is 0 Å². The molecule has 0 saturated carbocycles. The van der Waals surface area contributed by atoms with E-state index >= 15 is 0 Å². The SMILES string of the molecule is CCn1c2ccccc2c2cc(NC(=O)c3ccccc3C(=O)NCCOC)ccc21. The summed E-state index contributed by atoms with van der Waals surface area (Å²) in [5.41, 5.74) is 3.64. The monoisotopic (exact) mass is 415 g/mol. The van der Waals surface area contributed by atoms with Gasteiger partial charge in [-0.2, -0.15) is 0 Å². The molecule has 0 atom stereocenters. The van der Waals surface area contributed by atoms with Gasteiger partial charge in [-0.05, 0) is 43.3 Å². The molecule has 0 saturated heterocycles. The second kappa shape index (κ2) is 9.02. The Morgan fingerprint density at radius 3 is 2.29 bits per heavy atom. The normalized spacial score (nSPS) is 11.0. The molecule has 3 aromatic carbocycles. The highest BCUT2D eigenvalue weighted by Gasteiger charge is 2.17. The first-order chi connectivity index (χ1) is 15.1. The summed E-state index contributed by atoms with van der Waals surface area (Å²) in [5, 5.41) is 7.95. The number of nitrogens with zero attached hydrogens (tertiary/aromatic N) is 1. The fraction of sp³-hybridized carbons (Fsp3) is 0.200.